The Hall–Kier alpha value is -2.04. The second-order valence-electron chi connectivity index (χ2n) is 19.3. The molecule has 4 aliphatic carbocycles. The van der Waals surface area contributed by atoms with E-state index in [1.165, 1.54) is 5.57 Å². The summed E-state index contributed by atoms with van der Waals surface area (Å²) in [4.78, 5) is 15.3. The summed E-state index contributed by atoms with van der Waals surface area (Å²) in [5.41, 5.74) is 5.96. The predicted molar refractivity (Wildman–Crippen MR) is 196 cm³/mol. The number of hydrogen-bond donors (Lipinski definition) is 3. The van der Waals surface area contributed by atoms with E-state index >= 15 is 0 Å². The maximum atomic E-state index is 13.6. The Morgan fingerprint density at radius 3 is 2.46 bits per heavy atom. The fourth-order valence-electron chi connectivity index (χ4n) is 12.6. The number of ether oxygens (including phenoxy) is 2. The molecular weight excluding hydrogens is 628 g/mol. The third-order valence-corrected chi connectivity index (χ3v) is 16.4. The molecule has 6 rings (SSSR count). The van der Waals surface area contributed by atoms with Crippen molar-refractivity contribution in [2.24, 2.45) is 62.6 Å². The second kappa shape index (κ2) is 12.8. The zero-order valence-electron chi connectivity index (χ0n) is 33.0. The van der Waals surface area contributed by atoms with Gasteiger partial charge in [-0.25, -0.2) is 0 Å². The van der Waals surface area contributed by atoms with Crippen LogP contribution in [0.4, 0.5) is 5.95 Å². The highest BCUT2D eigenvalue weighted by Crippen LogP contribution is 2.75. The number of fused-ring (bicyclic) bond motifs is 3. The Labute approximate surface area is 301 Å². The molecule has 0 radical (unpaired) electrons. The van der Waals surface area contributed by atoms with Crippen LogP contribution >= 0.6 is 0 Å². The number of anilines is 1. The Kier molecular flexibility index (Phi) is 9.67. The lowest BCUT2D eigenvalue weighted by atomic mass is 9.34. The van der Waals surface area contributed by atoms with Gasteiger partial charge in [0.2, 0.25) is 0 Å². The van der Waals surface area contributed by atoms with Gasteiger partial charge >= 0.3 is 5.97 Å². The van der Waals surface area contributed by atoms with E-state index in [2.05, 4.69) is 103 Å². The van der Waals surface area contributed by atoms with Crippen molar-refractivity contribution in [3.05, 3.63) is 11.6 Å². The number of nitrogens with one attached hydrogen (secondary N) is 1. The molecule has 0 amide bonds. The van der Waals surface area contributed by atoms with Crippen molar-refractivity contribution in [3.8, 4) is 0 Å². The normalized spacial score (nSPS) is 43.0. The molecule has 4 N–H and O–H groups in total. The third kappa shape index (κ3) is 5.34. The number of aromatic nitrogens is 4. The zero-order chi connectivity index (χ0) is 36.7. The number of tetrazole rings is 1. The summed E-state index contributed by atoms with van der Waals surface area (Å²) in [5, 5.41) is 28.2. The lowest BCUT2D eigenvalue weighted by Crippen LogP contribution is -2.70. The largest absolute Gasteiger partial charge is 0.481 e. The highest BCUT2D eigenvalue weighted by atomic mass is 16.5. The van der Waals surface area contributed by atoms with Crippen molar-refractivity contribution in [2.75, 3.05) is 32.1 Å². The standard InChI is InChI=1S/C40H68N6O4/c1-12-19-42-39(11,25(4)5)22-50-32-29(46-44-34(41)43-45-46)20-35(7)21-49-23-40(32)28-15-16-38(10)31(33(47)48)36(8,26(6)24(2)3)17-18-37(38,9)27(28)13-14-30(35)40/h15,24-27,29-32,42H,12-14,16-23H2,1-11H3,(H2,41,44)(H,47,48)/t26-,27+,29-,30-,31-,32+,35-,36-,37-,38+,39-,40+/m1/s1. The van der Waals surface area contributed by atoms with E-state index in [1.807, 2.05) is 0 Å². The highest BCUT2D eigenvalue weighted by Gasteiger charge is 2.73. The summed E-state index contributed by atoms with van der Waals surface area (Å²) >= 11 is 0. The molecule has 50 heavy (non-hydrogen) atoms. The van der Waals surface area contributed by atoms with Gasteiger partial charge in [-0.2, -0.15) is 4.80 Å². The fraction of sp³-hybridized carbons (Fsp3) is 0.900. The first-order chi connectivity index (χ1) is 23.3. The Balaban J connectivity index is 1.50. The van der Waals surface area contributed by atoms with Crippen molar-refractivity contribution in [1.82, 2.24) is 25.5 Å². The SMILES string of the molecule is CCCN[C@](C)(CO[C@H]1[C@H](n2nnc(N)n2)C[C@]2(C)COC[C@@]13C1=CC[C@@]4(C)[C@H](C(=O)O)[C@@](C)([C@H](C)C(C)C)CC[C@]4(C)[C@H]1CC[C@H]23)C(C)C. The van der Waals surface area contributed by atoms with Crippen molar-refractivity contribution >= 4 is 11.9 Å². The van der Waals surface area contributed by atoms with Gasteiger partial charge in [-0.3, -0.25) is 4.79 Å². The van der Waals surface area contributed by atoms with Crippen LogP contribution in [-0.4, -0.2) is 69.3 Å². The van der Waals surface area contributed by atoms with Crippen LogP contribution < -0.4 is 11.1 Å². The molecule has 4 fully saturated rings. The van der Waals surface area contributed by atoms with Gasteiger partial charge in [-0.05, 0) is 115 Å². The molecule has 3 saturated carbocycles. The van der Waals surface area contributed by atoms with Gasteiger partial charge in [0.25, 0.3) is 5.95 Å². The average molecular weight is 697 g/mol. The minimum atomic E-state index is -0.632. The zero-order valence-corrected chi connectivity index (χ0v) is 33.0. The molecule has 0 aromatic carbocycles. The molecule has 0 unspecified atom stereocenters. The molecule has 12 atom stereocenters. The molecule has 10 heteroatoms. The van der Waals surface area contributed by atoms with Gasteiger partial charge in [0.1, 0.15) is 6.04 Å². The first-order valence-electron chi connectivity index (χ1n) is 19.8. The average Bonchev–Trinajstić information content (AvgIpc) is 3.48. The van der Waals surface area contributed by atoms with Crippen LogP contribution in [0.1, 0.15) is 127 Å². The monoisotopic (exact) mass is 697 g/mol. The molecule has 1 aliphatic heterocycles. The number of carboxylic acids is 1. The molecular formula is C40H68N6O4. The highest BCUT2D eigenvalue weighted by molar-refractivity contribution is 5.73. The van der Waals surface area contributed by atoms with Crippen LogP contribution in [0.25, 0.3) is 0 Å². The molecule has 10 nitrogen and oxygen atoms in total. The second-order valence-corrected chi connectivity index (χ2v) is 19.3. The van der Waals surface area contributed by atoms with Crippen LogP contribution in [0.15, 0.2) is 11.6 Å². The number of nitrogens with zero attached hydrogens (tertiary/aromatic N) is 4. The number of nitrogens with two attached hydrogens (primary N) is 1. The first-order valence-corrected chi connectivity index (χ1v) is 19.8. The topological polar surface area (TPSA) is 137 Å². The number of carbonyl (C=O) groups is 1. The van der Waals surface area contributed by atoms with E-state index in [0.717, 1.165) is 51.5 Å². The van der Waals surface area contributed by atoms with Gasteiger partial charge < -0.3 is 25.6 Å². The number of carboxylic acid groups (broad SMARTS) is 1. The number of hydrogen-bond acceptors (Lipinski definition) is 8. The van der Waals surface area contributed by atoms with E-state index in [9.17, 15) is 9.90 Å². The molecule has 282 valence electrons. The van der Waals surface area contributed by atoms with Crippen molar-refractivity contribution in [3.63, 3.8) is 0 Å². The molecule has 0 spiro atoms. The van der Waals surface area contributed by atoms with Crippen LogP contribution in [0, 0.1) is 62.6 Å². The molecule has 2 heterocycles. The summed E-state index contributed by atoms with van der Waals surface area (Å²) in [7, 11) is 0. The van der Waals surface area contributed by atoms with Gasteiger partial charge in [0.05, 0.1) is 31.8 Å². The van der Waals surface area contributed by atoms with Crippen LogP contribution in [0.3, 0.4) is 0 Å². The Morgan fingerprint density at radius 2 is 1.86 bits per heavy atom. The Bertz CT molecular complexity index is 1460. The molecule has 5 aliphatic rings. The van der Waals surface area contributed by atoms with Gasteiger partial charge in [-0.1, -0.05) is 86.0 Å². The van der Waals surface area contributed by atoms with Gasteiger partial charge in [-0.15, -0.1) is 5.10 Å². The van der Waals surface area contributed by atoms with E-state index in [1.54, 1.807) is 4.80 Å². The van der Waals surface area contributed by atoms with Crippen molar-refractivity contribution in [2.45, 2.75) is 139 Å². The summed E-state index contributed by atoms with van der Waals surface area (Å²) in [6, 6.07) is -0.165. The van der Waals surface area contributed by atoms with Crippen LogP contribution in [0.2, 0.25) is 0 Å². The quantitative estimate of drug-likeness (QED) is 0.205. The maximum Gasteiger partial charge on any atom is 0.307 e. The number of aliphatic carboxylic acids is 1. The van der Waals surface area contributed by atoms with E-state index in [-0.39, 0.29) is 45.8 Å². The van der Waals surface area contributed by atoms with Crippen LogP contribution in [-0.2, 0) is 14.3 Å². The van der Waals surface area contributed by atoms with Gasteiger partial charge in [0, 0.05) is 11.0 Å². The van der Waals surface area contributed by atoms with E-state index in [0.29, 0.717) is 43.5 Å². The number of rotatable bonds is 11. The summed E-state index contributed by atoms with van der Waals surface area (Å²) in [6.07, 6.45) is 8.92. The molecule has 1 saturated heterocycles. The van der Waals surface area contributed by atoms with E-state index < -0.39 is 22.7 Å². The minimum Gasteiger partial charge on any atom is -0.481 e. The van der Waals surface area contributed by atoms with Crippen LogP contribution in [0.5, 0.6) is 0 Å². The maximum absolute atomic E-state index is 13.6. The summed E-state index contributed by atoms with van der Waals surface area (Å²) in [6.45, 7) is 28.0. The molecule has 2 bridgehead atoms. The Morgan fingerprint density at radius 1 is 1.14 bits per heavy atom. The van der Waals surface area contributed by atoms with E-state index in [4.69, 9.17) is 15.2 Å². The predicted octanol–water partition coefficient (Wildman–Crippen LogP) is 7.18. The molecule has 1 aromatic rings. The first kappa shape index (κ1) is 37.7. The third-order valence-electron chi connectivity index (χ3n) is 16.4. The lowest BCUT2D eigenvalue weighted by molar-refractivity contribution is -0.256. The van der Waals surface area contributed by atoms with Crippen molar-refractivity contribution in [1.29, 1.82) is 0 Å². The number of allylic oxidation sites excluding steroid dienone is 1. The minimum absolute atomic E-state index is 0.109. The fourth-order valence-corrected chi connectivity index (χ4v) is 12.6. The number of nitrogen functional groups attached to an aromatic ring is 1. The smallest absolute Gasteiger partial charge is 0.307 e. The van der Waals surface area contributed by atoms with Gasteiger partial charge in [0.15, 0.2) is 0 Å². The summed E-state index contributed by atoms with van der Waals surface area (Å²) < 4.78 is 14.2. The lowest BCUT2D eigenvalue weighted by Gasteiger charge is -2.71. The summed E-state index contributed by atoms with van der Waals surface area (Å²) in [5.74, 6) is 0.766. The molecule has 1 aromatic heterocycles. The van der Waals surface area contributed by atoms with Crippen molar-refractivity contribution < 1.29 is 19.4 Å².